The molecule has 2 rings (SSSR count). The van der Waals surface area contributed by atoms with E-state index < -0.39 is 6.04 Å². The molecule has 0 radical (unpaired) electrons. The van der Waals surface area contributed by atoms with E-state index in [2.05, 4.69) is 5.32 Å². The van der Waals surface area contributed by atoms with Crippen LogP contribution in [-0.2, 0) is 9.59 Å². The van der Waals surface area contributed by atoms with Gasteiger partial charge in [0.05, 0.1) is 0 Å². The quantitative estimate of drug-likeness (QED) is 0.930. The Bertz CT molecular complexity index is 557. The monoisotopic (exact) mass is 292 g/mol. The number of carbonyl (C=O) groups is 2. The van der Waals surface area contributed by atoms with Crippen LogP contribution >= 0.6 is 0 Å². The number of nitrogens with zero attached hydrogens (tertiary/aromatic N) is 1. The first kappa shape index (κ1) is 15.5. The van der Waals surface area contributed by atoms with E-state index in [0.717, 1.165) is 0 Å². The van der Waals surface area contributed by atoms with Crippen molar-refractivity contribution < 1.29 is 14.0 Å². The Kier molecular flexibility index (Phi) is 4.60. The molecular weight excluding hydrogens is 271 g/mol. The molecule has 21 heavy (non-hydrogen) atoms. The highest BCUT2D eigenvalue weighted by molar-refractivity contribution is 6.01. The summed E-state index contributed by atoms with van der Waals surface area (Å²) in [4.78, 5) is 26.0. The molecule has 1 aliphatic heterocycles. The van der Waals surface area contributed by atoms with Crippen molar-refractivity contribution in [3.8, 4) is 0 Å². The fourth-order valence-corrected chi connectivity index (χ4v) is 2.60. The summed E-state index contributed by atoms with van der Waals surface area (Å²) in [5, 5.41) is 2.77. The highest BCUT2D eigenvalue weighted by Gasteiger charge is 2.31. The number of anilines is 1. The summed E-state index contributed by atoms with van der Waals surface area (Å²) in [5.41, 5.74) is 0.980. The van der Waals surface area contributed by atoms with E-state index in [1.54, 1.807) is 19.1 Å². The number of nitrogens with one attached hydrogen (secondary N) is 1. The molecular formula is C16H21FN2O2. The molecule has 1 unspecified atom stereocenters. The minimum Gasteiger partial charge on any atom is -0.344 e. The van der Waals surface area contributed by atoms with Gasteiger partial charge < -0.3 is 10.2 Å². The lowest BCUT2D eigenvalue weighted by Gasteiger charge is -2.26. The van der Waals surface area contributed by atoms with Gasteiger partial charge in [-0.25, -0.2) is 4.39 Å². The molecule has 0 aliphatic carbocycles. The van der Waals surface area contributed by atoms with Crippen LogP contribution in [0.4, 0.5) is 10.1 Å². The number of hydrogen-bond acceptors (Lipinski definition) is 2. The second kappa shape index (κ2) is 6.24. The Balaban J connectivity index is 2.35. The van der Waals surface area contributed by atoms with Crippen molar-refractivity contribution in [2.75, 3.05) is 11.4 Å². The van der Waals surface area contributed by atoms with Gasteiger partial charge in [-0.1, -0.05) is 19.9 Å². The molecule has 1 aliphatic rings. The second-order valence-corrected chi connectivity index (χ2v) is 5.87. The topological polar surface area (TPSA) is 49.4 Å². The summed E-state index contributed by atoms with van der Waals surface area (Å²) < 4.78 is 13.7. The molecule has 1 atom stereocenters. The van der Waals surface area contributed by atoms with Gasteiger partial charge in [0.1, 0.15) is 11.9 Å². The van der Waals surface area contributed by atoms with Crippen LogP contribution in [0.2, 0.25) is 0 Å². The van der Waals surface area contributed by atoms with E-state index in [-0.39, 0.29) is 36.5 Å². The lowest BCUT2D eigenvalue weighted by molar-refractivity contribution is -0.125. The Morgan fingerprint density at radius 2 is 2.10 bits per heavy atom. The Hall–Kier alpha value is -1.91. The van der Waals surface area contributed by atoms with Gasteiger partial charge in [-0.15, -0.1) is 0 Å². The highest BCUT2D eigenvalue weighted by Crippen LogP contribution is 2.25. The zero-order valence-electron chi connectivity index (χ0n) is 12.6. The van der Waals surface area contributed by atoms with Crippen LogP contribution in [0, 0.1) is 18.7 Å². The van der Waals surface area contributed by atoms with Gasteiger partial charge in [0, 0.05) is 24.2 Å². The van der Waals surface area contributed by atoms with E-state index in [1.165, 1.54) is 11.0 Å². The van der Waals surface area contributed by atoms with Gasteiger partial charge in [0.15, 0.2) is 0 Å². The molecule has 1 heterocycles. The highest BCUT2D eigenvalue weighted by atomic mass is 19.1. The number of rotatable bonds is 3. The van der Waals surface area contributed by atoms with Gasteiger partial charge in [-0.3, -0.25) is 9.59 Å². The van der Waals surface area contributed by atoms with Crippen LogP contribution in [0.1, 0.15) is 32.3 Å². The average Bonchev–Trinajstić information content (AvgIpc) is 2.53. The van der Waals surface area contributed by atoms with Gasteiger partial charge in [0.25, 0.3) is 0 Å². The maximum absolute atomic E-state index is 13.7. The summed E-state index contributed by atoms with van der Waals surface area (Å²) in [7, 11) is 0. The van der Waals surface area contributed by atoms with E-state index in [9.17, 15) is 14.0 Å². The molecule has 1 saturated heterocycles. The van der Waals surface area contributed by atoms with E-state index >= 15 is 0 Å². The summed E-state index contributed by atoms with van der Waals surface area (Å²) >= 11 is 0. The standard InChI is InChI=1S/C16H21FN2O2/c1-10(2)9-13-16(21)19(8-7-15(20)18-13)14-6-4-5-12(17)11(14)3/h4-6,10,13H,7-9H2,1-3H3,(H,18,20). The van der Waals surface area contributed by atoms with Gasteiger partial charge in [0.2, 0.25) is 11.8 Å². The van der Waals surface area contributed by atoms with Crippen molar-refractivity contribution in [3.05, 3.63) is 29.6 Å². The molecule has 1 N–H and O–H groups in total. The number of amides is 2. The Labute approximate surface area is 124 Å². The fraction of sp³-hybridized carbons (Fsp3) is 0.500. The van der Waals surface area contributed by atoms with Crippen molar-refractivity contribution in [2.24, 2.45) is 5.92 Å². The summed E-state index contributed by atoms with van der Waals surface area (Å²) in [6.45, 7) is 5.93. The molecule has 1 aromatic carbocycles. The zero-order chi connectivity index (χ0) is 15.6. The van der Waals surface area contributed by atoms with E-state index in [4.69, 9.17) is 0 Å². The fourth-order valence-electron chi connectivity index (χ4n) is 2.60. The second-order valence-electron chi connectivity index (χ2n) is 5.87. The smallest absolute Gasteiger partial charge is 0.249 e. The van der Waals surface area contributed by atoms with Crippen LogP contribution < -0.4 is 10.2 Å². The minimum absolute atomic E-state index is 0.134. The van der Waals surface area contributed by atoms with Crippen LogP contribution in [0.5, 0.6) is 0 Å². The van der Waals surface area contributed by atoms with Crippen molar-refractivity contribution in [1.82, 2.24) is 5.32 Å². The predicted molar refractivity (Wildman–Crippen MR) is 79.5 cm³/mol. The van der Waals surface area contributed by atoms with Crippen LogP contribution in [0.25, 0.3) is 0 Å². The van der Waals surface area contributed by atoms with Crippen LogP contribution in [0.15, 0.2) is 18.2 Å². The average molecular weight is 292 g/mol. The first-order valence-corrected chi connectivity index (χ1v) is 7.26. The molecule has 0 saturated carbocycles. The Morgan fingerprint density at radius 3 is 2.76 bits per heavy atom. The summed E-state index contributed by atoms with van der Waals surface area (Å²) in [6, 6.07) is 4.14. The van der Waals surface area contributed by atoms with Crippen molar-refractivity contribution >= 4 is 17.5 Å². The number of halogens is 1. The number of carbonyl (C=O) groups excluding carboxylic acids is 2. The zero-order valence-corrected chi connectivity index (χ0v) is 12.6. The third-order valence-corrected chi connectivity index (χ3v) is 3.70. The third-order valence-electron chi connectivity index (χ3n) is 3.70. The minimum atomic E-state index is -0.539. The molecule has 5 heteroatoms. The van der Waals surface area contributed by atoms with E-state index in [0.29, 0.717) is 17.7 Å². The van der Waals surface area contributed by atoms with Crippen molar-refractivity contribution in [1.29, 1.82) is 0 Å². The summed E-state index contributed by atoms with van der Waals surface area (Å²) in [6.07, 6.45) is 0.811. The molecule has 1 aromatic rings. The van der Waals surface area contributed by atoms with Crippen molar-refractivity contribution in [3.63, 3.8) is 0 Å². The normalized spacial score (nSPS) is 19.7. The first-order valence-electron chi connectivity index (χ1n) is 7.26. The molecule has 1 fully saturated rings. The van der Waals surface area contributed by atoms with Crippen LogP contribution in [-0.4, -0.2) is 24.4 Å². The van der Waals surface area contributed by atoms with Crippen LogP contribution in [0.3, 0.4) is 0 Å². The van der Waals surface area contributed by atoms with Crippen molar-refractivity contribution in [2.45, 2.75) is 39.7 Å². The predicted octanol–water partition coefficient (Wildman–Crippen LogP) is 2.40. The number of hydrogen-bond donors (Lipinski definition) is 1. The lowest BCUT2D eigenvalue weighted by Crippen LogP contribution is -2.45. The summed E-state index contributed by atoms with van der Waals surface area (Å²) in [5.74, 6) is -0.356. The maximum Gasteiger partial charge on any atom is 0.249 e. The third kappa shape index (κ3) is 3.40. The number of benzene rings is 1. The maximum atomic E-state index is 13.7. The molecule has 2 amide bonds. The van der Waals surface area contributed by atoms with Gasteiger partial charge in [-0.2, -0.15) is 0 Å². The molecule has 114 valence electrons. The molecule has 4 nitrogen and oxygen atoms in total. The van der Waals surface area contributed by atoms with Gasteiger partial charge in [-0.05, 0) is 31.4 Å². The van der Waals surface area contributed by atoms with E-state index in [1.807, 2.05) is 13.8 Å². The van der Waals surface area contributed by atoms with Gasteiger partial charge >= 0.3 is 0 Å². The lowest BCUT2D eigenvalue weighted by atomic mass is 10.0. The first-order chi connectivity index (χ1) is 9.90. The molecule has 0 aromatic heterocycles. The molecule has 0 spiro atoms. The SMILES string of the molecule is Cc1c(F)cccc1N1CCC(=O)NC(CC(C)C)C1=O. The largest absolute Gasteiger partial charge is 0.344 e. The molecule has 0 bridgehead atoms. The Morgan fingerprint density at radius 1 is 1.38 bits per heavy atom.